The van der Waals surface area contributed by atoms with Gasteiger partial charge in [0.2, 0.25) is 5.91 Å². The third-order valence-corrected chi connectivity index (χ3v) is 4.23. The van der Waals surface area contributed by atoms with E-state index >= 15 is 0 Å². The zero-order valence-electron chi connectivity index (χ0n) is 12.8. The summed E-state index contributed by atoms with van der Waals surface area (Å²) < 4.78 is 10.4. The predicted octanol–water partition coefficient (Wildman–Crippen LogP) is 1.96. The fraction of sp³-hybridized carbons (Fsp3) is 0.500. The predicted molar refractivity (Wildman–Crippen MR) is 79.9 cm³/mol. The van der Waals surface area contributed by atoms with Gasteiger partial charge >= 0.3 is 5.97 Å². The van der Waals surface area contributed by atoms with E-state index in [1.807, 2.05) is 0 Å². The molecule has 1 fully saturated rings. The largest absolute Gasteiger partial charge is 0.497 e. The topological polar surface area (TPSA) is 84.9 Å². The van der Waals surface area contributed by atoms with Gasteiger partial charge in [0.15, 0.2) is 0 Å². The summed E-state index contributed by atoms with van der Waals surface area (Å²) in [6.07, 6.45) is 2.02. The molecule has 0 heterocycles. The van der Waals surface area contributed by atoms with Crippen molar-refractivity contribution in [1.29, 1.82) is 0 Å². The molecule has 1 aromatic carbocycles. The van der Waals surface area contributed by atoms with Crippen LogP contribution >= 0.6 is 0 Å². The summed E-state index contributed by atoms with van der Waals surface area (Å²) in [4.78, 5) is 23.3. The molecular formula is C16H21NO5. The number of carbonyl (C=O) groups excluding carboxylic acids is 1. The van der Waals surface area contributed by atoms with Crippen LogP contribution in [0, 0.1) is 5.41 Å². The first-order valence-electron chi connectivity index (χ1n) is 7.22. The van der Waals surface area contributed by atoms with E-state index in [1.165, 1.54) is 0 Å². The number of aliphatic carboxylic acids is 1. The molecule has 120 valence electrons. The quantitative estimate of drug-likeness (QED) is 0.804. The summed E-state index contributed by atoms with van der Waals surface area (Å²) in [6.45, 7) is 0.273. The van der Waals surface area contributed by atoms with Gasteiger partial charge in [0, 0.05) is 18.5 Å². The average Bonchev–Trinajstić information content (AvgIpc) is 2.48. The van der Waals surface area contributed by atoms with Crippen molar-refractivity contribution in [3.63, 3.8) is 0 Å². The van der Waals surface area contributed by atoms with Crippen LogP contribution in [0.1, 0.15) is 31.2 Å². The Balaban J connectivity index is 1.97. The van der Waals surface area contributed by atoms with Gasteiger partial charge in [0.1, 0.15) is 11.5 Å². The van der Waals surface area contributed by atoms with Crippen molar-refractivity contribution in [2.75, 3.05) is 14.2 Å². The lowest BCUT2D eigenvalue weighted by Crippen LogP contribution is -2.42. The number of ether oxygens (including phenoxy) is 2. The Hall–Kier alpha value is -2.24. The van der Waals surface area contributed by atoms with Crippen LogP contribution in [0.25, 0.3) is 0 Å². The smallest absolute Gasteiger partial charge is 0.310 e. The number of rotatable bonds is 7. The molecule has 0 spiro atoms. The van der Waals surface area contributed by atoms with Crippen LogP contribution in [0.3, 0.4) is 0 Å². The monoisotopic (exact) mass is 307 g/mol. The van der Waals surface area contributed by atoms with Crippen LogP contribution in [0.4, 0.5) is 0 Å². The third kappa shape index (κ3) is 3.32. The molecule has 22 heavy (non-hydrogen) atoms. The summed E-state index contributed by atoms with van der Waals surface area (Å²) in [5.41, 5.74) is -0.0871. The second-order valence-electron chi connectivity index (χ2n) is 5.57. The molecule has 0 aliphatic heterocycles. The van der Waals surface area contributed by atoms with E-state index in [4.69, 9.17) is 9.47 Å². The van der Waals surface area contributed by atoms with E-state index in [-0.39, 0.29) is 18.9 Å². The second kappa shape index (κ2) is 6.68. The van der Waals surface area contributed by atoms with Gasteiger partial charge < -0.3 is 19.9 Å². The lowest BCUT2D eigenvalue weighted by molar-refractivity contribution is -0.157. The Labute approximate surface area is 129 Å². The number of nitrogens with one attached hydrogen (secondary N) is 1. The maximum atomic E-state index is 12.0. The van der Waals surface area contributed by atoms with Crippen molar-refractivity contribution in [1.82, 2.24) is 5.32 Å². The standard InChI is InChI=1S/C16H21NO5/c1-21-12-4-5-13(22-2)11(8-12)10-17-14(18)9-16(15(19)20)6-3-7-16/h4-5,8H,3,6-7,9-10H2,1-2H3,(H,17,18)(H,19,20). The van der Waals surface area contributed by atoms with Crippen LogP contribution in [-0.4, -0.2) is 31.2 Å². The molecule has 2 rings (SSSR count). The number of amides is 1. The van der Waals surface area contributed by atoms with Crippen molar-refractivity contribution < 1.29 is 24.2 Å². The van der Waals surface area contributed by atoms with Crippen molar-refractivity contribution >= 4 is 11.9 Å². The van der Waals surface area contributed by atoms with Gasteiger partial charge in [-0.15, -0.1) is 0 Å². The minimum Gasteiger partial charge on any atom is -0.497 e. The molecule has 0 unspecified atom stereocenters. The van der Waals surface area contributed by atoms with Crippen molar-refractivity contribution in [3.8, 4) is 11.5 Å². The average molecular weight is 307 g/mol. The van der Waals surface area contributed by atoms with Gasteiger partial charge in [-0.1, -0.05) is 6.42 Å². The summed E-state index contributed by atoms with van der Waals surface area (Å²) in [7, 11) is 3.12. The molecule has 1 aliphatic rings. The first-order chi connectivity index (χ1) is 10.5. The molecule has 1 saturated carbocycles. The minimum absolute atomic E-state index is 0.0224. The van der Waals surface area contributed by atoms with Crippen LogP contribution in [0.2, 0.25) is 0 Å². The lowest BCUT2D eigenvalue weighted by atomic mass is 9.66. The van der Waals surface area contributed by atoms with Gasteiger partial charge in [-0.25, -0.2) is 0 Å². The summed E-state index contributed by atoms with van der Waals surface area (Å²) in [6, 6.07) is 5.33. The van der Waals surface area contributed by atoms with Crippen LogP contribution in [0.5, 0.6) is 11.5 Å². The summed E-state index contributed by atoms with van der Waals surface area (Å²) in [5.74, 6) is 0.184. The van der Waals surface area contributed by atoms with Crippen LogP contribution in [-0.2, 0) is 16.1 Å². The van der Waals surface area contributed by atoms with Gasteiger partial charge in [0.25, 0.3) is 0 Å². The number of hydrogen-bond acceptors (Lipinski definition) is 4. The van der Waals surface area contributed by atoms with E-state index < -0.39 is 11.4 Å². The molecule has 0 bridgehead atoms. The molecular weight excluding hydrogens is 286 g/mol. The maximum absolute atomic E-state index is 12.0. The first kappa shape index (κ1) is 16.1. The van der Waals surface area contributed by atoms with E-state index in [9.17, 15) is 14.7 Å². The maximum Gasteiger partial charge on any atom is 0.310 e. The molecule has 2 N–H and O–H groups in total. The van der Waals surface area contributed by atoms with Crippen LogP contribution in [0.15, 0.2) is 18.2 Å². The highest BCUT2D eigenvalue weighted by atomic mass is 16.5. The number of carbonyl (C=O) groups is 2. The van der Waals surface area contributed by atoms with E-state index in [0.29, 0.717) is 24.3 Å². The van der Waals surface area contributed by atoms with Crippen molar-refractivity contribution in [2.24, 2.45) is 5.41 Å². The molecule has 1 aliphatic carbocycles. The van der Waals surface area contributed by atoms with Crippen LogP contribution < -0.4 is 14.8 Å². The molecule has 6 nitrogen and oxygen atoms in total. The molecule has 0 radical (unpaired) electrons. The molecule has 0 saturated heterocycles. The Bertz CT molecular complexity index is 566. The molecule has 0 aromatic heterocycles. The highest BCUT2D eigenvalue weighted by Crippen LogP contribution is 2.44. The number of carboxylic acid groups (broad SMARTS) is 1. The van der Waals surface area contributed by atoms with E-state index in [0.717, 1.165) is 12.0 Å². The van der Waals surface area contributed by atoms with Crippen molar-refractivity contribution in [3.05, 3.63) is 23.8 Å². The zero-order chi connectivity index (χ0) is 16.2. The van der Waals surface area contributed by atoms with Gasteiger partial charge in [-0.3, -0.25) is 9.59 Å². The fourth-order valence-corrected chi connectivity index (χ4v) is 2.65. The molecule has 1 amide bonds. The van der Waals surface area contributed by atoms with Gasteiger partial charge in [-0.05, 0) is 31.0 Å². The number of hydrogen-bond donors (Lipinski definition) is 2. The Morgan fingerprint density at radius 1 is 1.27 bits per heavy atom. The highest BCUT2D eigenvalue weighted by molar-refractivity contribution is 5.85. The second-order valence-corrected chi connectivity index (χ2v) is 5.57. The fourth-order valence-electron chi connectivity index (χ4n) is 2.65. The Morgan fingerprint density at radius 3 is 2.50 bits per heavy atom. The molecule has 1 aromatic rings. The molecule has 0 atom stereocenters. The number of benzene rings is 1. The number of carboxylic acids is 1. The third-order valence-electron chi connectivity index (χ3n) is 4.23. The Kier molecular flexibility index (Phi) is 4.90. The van der Waals surface area contributed by atoms with Gasteiger partial charge in [0.05, 0.1) is 19.6 Å². The SMILES string of the molecule is COc1ccc(OC)c(CNC(=O)CC2(C(=O)O)CCC2)c1. The summed E-state index contributed by atoms with van der Waals surface area (Å²) in [5, 5.41) is 12.0. The Morgan fingerprint density at radius 2 is 2.00 bits per heavy atom. The zero-order valence-corrected chi connectivity index (χ0v) is 12.8. The van der Waals surface area contributed by atoms with Crippen molar-refractivity contribution in [2.45, 2.75) is 32.2 Å². The number of methoxy groups -OCH3 is 2. The van der Waals surface area contributed by atoms with E-state index in [2.05, 4.69) is 5.32 Å². The summed E-state index contributed by atoms with van der Waals surface area (Å²) >= 11 is 0. The molecule has 6 heteroatoms. The van der Waals surface area contributed by atoms with Gasteiger partial charge in [-0.2, -0.15) is 0 Å². The van der Waals surface area contributed by atoms with E-state index in [1.54, 1.807) is 32.4 Å². The minimum atomic E-state index is -0.882. The normalized spacial score (nSPS) is 15.5. The first-order valence-corrected chi connectivity index (χ1v) is 7.22. The lowest BCUT2D eigenvalue weighted by Gasteiger charge is -2.36. The highest BCUT2D eigenvalue weighted by Gasteiger charge is 2.45.